The standard InChI is InChI=1S/C8H11NO2/c1-6-4-3-5-8(7(6)2)9(10)11/h3-5,9-10H,1-2H3. The highest BCUT2D eigenvalue weighted by Crippen LogP contribution is 2.13. The molecule has 3 heteroatoms. The fourth-order valence-corrected chi connectivity index (χ4v) is 0.983. The molecule has 0 amide bonds. The van der Waals surface area contributed by atoms with Gasteiger partial charge in [-0.25, -0.2) is 5.21 Å². The Kier molecular flexibility index (Phi) is 2.24. The molecule has 60 valence electrons. The highest BCUT2D eigenvalue weighted by molar-refractivity contribution is 5.43. The van der Waals surface area contributed by atoms with E-state index < -0.39 is 5.23 Å². The van der Waals surface area contributed by atoms with Crippen molar-refractivity contribution in [3.63, 3.8) is 0 Å². The second-order valence-corrected chi connectivity index (χ2v) is 2.55. The van der Waals surface area contributed by atoms with Crippen molar-refractivity contribution in [2.24, 2.45) is 0 Å². The van der Waals surface area contributed by atoms with Crippen LogP contribution in [0.5, 0.6) is 0 Å². The van der Waals surface area contributed by atoms with Crippen LogP contribution < -0.4 is 5.23 Å². The van der Waals surface area contributed by atoms with Gasteiger partial charge < -0.3 is 5.21 Å². The van der Waals surface area contributed by atoms with E-state index in [2.05, 4.69) is 0 Å². The van der Waals surface area contributed by atoms with E-state index in [9.17, 15) is 5.21 Å². The first-order chi connectivity index (χ1) is 5.13. The number of hydrogen-bond acceptors (Lipinski definition) is 2. The molecule has 0 spiro atoms. The number of quaternary nitrogens is 1. The Morgan fingerprint density at radius 2 is 2.00 bits per heavy atom. The van der Waals surface area contributed by atoms with Crippen LogP contribution in [0.1, 0.15) is 11.1 Å². The van der Waals surface area contributed by atoms with Gasteiger partial charge in [0.15, 0.2) is 5.69 Å². The van der Waals surface area contributed by atoms with Crippen LogP contribution in [-0.4, -0.2) is 5.21 Å². The summed E-state index contributed by atoms with van der Waals surface area (Å²) in [5.41, 5.74) is 2.26. The van der Waals surface area contributed by atoms with Crippen LogP contribution >= 0.6 is 0 Å². The van der Waals surface area contributed by atoms with Crippen molar-refractivity contribution in [3.05, 3.63) is 34.5 Å². The van der Waals surface area contributed by atoms with E-state index in [-0.39, 0.29) is 0 Å². The molecule has 0 saturated heterocycles. The van der Waals surface area contributed by atoms with E-state index in [4.69, 9.17) is 5.21 Å². The van der Waals surface area contributed by atoms with E-state index >= 15 is 0 Å². The van der Waals surface area contributed by atoms with Gasteiger partial charge in [0.05, 0.1) is 0 Å². The summed E-state index contributed by atoms with van der Waals surface area (Å²) in [5.74, 6) is 0. The van der Waals surface area contributed by atoms with E-state index in [1.54, 1.807) is 12.1 Å². The predicted molar refractivity (Wildman–Crippen MR) is 41.7 cm³/mol. The molecule has 0 aliphatic carbocycles. The zero-order valence-electron chi connectivity index (χ0n) is 6.59. The number of aryl methyl sites for hydroxylation is 1. The minimum Gasteiger partial charge on any atom is -0.595 e. The third-order valence-electron chi connectivity index (χ3n) is 1.84. The number of benzene rings is 1. The maximum atomic E-state index is 10.6. The van der Waals surface area contributed by atoms with Gasteiger partial charge in [0.2, 0.25) is 0 Å². The maximum absolute atomic E-state index is 10.6. The molecule has 1 rings (SSSR count). The topological polar surface area (TPSA) is 47.7 Å². The van der Waals surface area contributed by atoms with Gasteiger partial charge >= 0.3 is 0 Å². The van der Waals surface area contributed by atoms with Gasteiger partial charge in [0.25, 0.3) is 0 Å². The maximum Gasteiger partial charge on any atom is 0.166 e. The summed E-state index contributed by atoms with van der Waals surface area (Å²) in [6.07, 6.45) is 0. The molecule has 3 nitrogen and oxygen atoms in total. The highest BCUT2D eigenvalue weighted by atomic mass is 16.8. The van der Waals surface area contributed by atoms with Crippen molar-refractivity contribution >= 4 is 5.69 Å². The third kappa shape index (κ3) is 1.57. The molecule has 0 bridgehead atoms. The average molecular weight is 153 g/mol. The summed E-state index contributed by atoms with van der Waals surface area (Å²) in [6, 6.07) is 5.28. The molecule has 0 aliphatic heterocycles. The van der Waals surface area contributed by atoms with Crippen molar-refractivity contribution < 1.29 is 10.4 Å². The highest BCUT2D eigenvalue weighted by Gasteiger charge is 2.04. The van der Waals surface area contributed by atoms with Crippen molar-refractivity contribution in [2.45, 2.75) is 13.8 Å². The van der Waals surface area contributed by atoms with Crippen LogP contribution in [0, 0.1) is 19.1 Å². The molecule has 0 heterocycles. The quantitative estimate of drug-likeness (QED) is 0.583. The van der Waals surface area contributed by atoms with Gasteiger partial charge in [-0.1, -0.05) is 12.1 Å². The molecule has 1 aromatic carbocycles. The SMILES string of the molecule is Cc1cccc([NH+]([O-])O)c1C. The third-order valence-corrected chi connectivity index (χ3v) is 1.84. The van der Waals surface area contributed by atoms with Gasteiger partial charge in [-0.2, -0.15) is 5.23 Å². The fourth-order valence-electron chi connectivity index (χ4n) is 0.983. The van der Waals surface area contributed by atoms with Gasteiger partial charge in [-0.05, 0) is 19.4 Å². The molecule has 1 aromatic rings. The number of nitrogens with one attached hydrogen (secondary N) is 1. The van der Waals surface area contributed by atoms with Crippen LogP contribution in [0.2, 0.25) is 0 Å². The molecule has 2 N–H and O–H groups in total. The zero-order valence-corrected chi connectivity index (χ0v) is 6.59. The van der Waals surface area contributed by atoms with Crippen molar-refractivity contribution in [1.29, 1.82) is 0 Å². The Morgan fingerprint density at radius 1 is 1.36 bits per heavy atom. The summed E-state index contributed by atoms with van der Waals surface area (Å²) < 4.78 is 0. The molecular formula is C8H11NO2. The predicted octanol–water partition coefficient (Wildman–Crippen LogP) is 0.707. The average Bonchev–Trinajstić information content (AvgIpc) is 1.94. The van der Waals surface area contributed by atoms with Gasteiger partial charge in [0.1, 0.15) is 0 Å². The molecule has 1 unspecified atom stereocenters. The Balaban J connectivity index is 3.17. The molecule has 0 saturated carbocycles. The Hall–Kier alpha value is -0.900. The molecule has 1 atom stereocenters. The number of rotatable bonds is 1. The lowest BCUT2D eigenvalue weighted by Gasteiger charge is -2.14. The number of hydrogen-bond donors (Lipinski definition) is 2. The van der Waals surface area contributed by atoms with Crippen LogP contribution in [0.3, 0.4) is 0 Å². The first-order valence-corrected chi connectivity index (χ1v) is 3.42. The lowest BCUT2D eigenvalue weighted by Crippen LogP contribution is -2.99. The van der Waals surface area contributed by atoms with Gasteiger partial charge in [-0.3, -0.25) is 0 Å². The molecule has 0 aromatic heterocycles. The zero-order chi connectivity index (χ0) is 8.43. The Morgan fingerprint density at radius 3 is 2.45 bits per heavy atom. The normalized spacial score (nSPS) is 13.1. The summed E-state index contributed by atoms with van der Waals surface area (Å²) in [6.45, 7) is 3.72. The second kappa shape index (κ2) is 3.00. The molecule has 11 heavy (non-hydrogen) atoms. The first-order valence-electron chi connectivity index (χ1n) is 3.42. The van der Waals surface area contributed by atoms with Crippen LogP contribution in [0.4, 0.5) is 5.69 Å². The van der Waals surface area contributed by atoms with E-state index in [1.165, 1.54) is 0 Å². The Labute approximate surface area is 65.4 Å². The van der Waals surface area contributed by atoms with Gasteiger partial charge in [-0.15, -0.1) is 0 Å². The summed E-state index contributed by atoms with van der Waals surface area (Å²) in [5, 5.41) is 18.4. The monoisotopic (exact) mass is 153 g/mol. The molecular weight excluding hydrogens is 142 g/mol. The van der Waals surface area contributed by atoms with E-state index in [1.807, 2.05) is 19.9 Å². The summed E-state index contributed by atoms with van der Waals surface area (Å²) in [7, 11) is 0. The van der Waals surface area contributed by atoms with Gasteiger partial charge in [0, 0.05) is 11.6 Å². The lowest BCUT2D eigenvalue weighted by atomic mass is 10.1. The second-order valence-electron chi connectivity index (χ2n) is 2.55. The van der Waals surface area contributed by atoms with E-state index in [0.717, 1.165) is 11.1 Å². The minimum absolute atomic E-state index is 0.394. The lowest BCUT2D eigenvalue weighted by molar-refractivity contribution is -0.991. The Bertz CT molecular complexity index is 258. The van der Waals surface area contributed by atoms with Crippen molar-refractivity contribution in [3.8, 4) is 0 Å². The summed E-state index contributed by atoms with van der Waals surface area (Å²) >= 11 is 0. The van der Waals surface area contributed by atoms with Crippen molar-refractivity contribution in [2.75, 3.05) is 0 Å². The summed E-state index contributed by atoms with van der Waals surface area (Å²) in [4.78, 5) is 0. The van der Waals surface area contributed by atoms with Crippen LogP contribution in [-0.2, 0) is 0 Å². The van der Waals surface area contributed by atoms with Crippen LogP contribution in [0.25, 0.3) is 0 Å². The van der Waals surface area contributed by atoms with E-state index in [0.29, 0.717) is 5.69 Å². The molecule has 0 fully saturated rings. The smallest absolute Gasteiger partial charge is 0.166 e. The molecule has 0 radical (unpaired) electrons. The van der Waals surface area contributed by atoms with Crippen LogP contribution in [0.15, 0.2) is 18.2 Å². The first kappa shape index (κ1) is 8.20. The fraction of sp³-hybridized carbons (Fsp3) is 0.250. The largest absolute Gasteiger partial charge is 0.595 e. The minimum atomic E-state index is -0.855. The van der Waals surface area contributed by atoms with Crippen molar-refractivity contribution in [1.82, 2.24) is 0 Å². The molecule has 0 aliphatic rings.